The molecule has 1 atom stereocenters. The van der Waals surface area contributed by atoms with Crippen LogP contribution in [0, 0.1) is 0 Å². The highest BCUT2D eigenvalue weighted by molar-refractivity contribution is 7.88. The van der Waals surface area contributed by atoms with E-state index in [1.165, 1.54) is 12.5 Å². The number of amides is 1. The number of nitrogens with zero attached hydrogens (tertiary/aromatic N) is 4. The zero-order valence-corrected chi connectivity index (χ0v) is 15.4. The van der Waals surface area contributed by atoms with Gasteiger partial charge < -0.3 is 5.32 Å². The zero-order chi connectivity index (χ0) is 18.0. The highest BCUT2D eigenvalue weighted by Crippen LogP contribution is 2.21. The van der Waals surface area contributed by atoms with E-state index >= 15 is 0 Å². The van der Waals surface area contributed by atoms with Crippen molar-refractivity contribution in [2.45, 2.75) is 31.7 Å². The molecule has 136 valence electrons. The van der Waals surface area contributed by atoms with E-state index < -0.39 is 10.0 Å². The summed E-state index contributed by atoms with van der Waals surface area (Å²) in [4.78, 5) is 20.4. The molecule has 1 aliphatic heterocycles. The van der Waals surface area contributed by atoms with E-state index in [4.69, 9.17) is 11.6 Å². The SMILES string of the molecule is CS(=O)(=O)N1CCCCC1CCNC(=O)c1cn2cc(Cl)cnc2n1. The van der Waals surface area contributed by atoms with E-state index in [-0.39, 0.29) is 17.6 Å². The summed E-state index contributed by atoms with van der Waals surface area (Å²) in [6.07, 6.45) is 9.17. The van der Waals surface area contributed by atoms with E-state index in [0.717, 1.165) is 19.3 Å². The number of rotatable bonds is 5. The number of piperidine rings is 1. The largest absolute Gasteiger partial charge is 0.351 e. The molecule has 2 aromatic heterocycles. The maximum atomic E-state index is 12.2. The maximum Gasteiger partial charge on any atom is 0.271 e. The van der Waals surface area contributed by atoms with Crippen LogP contribution in [0.25, 0.3) is 5.78 Å². The Morgan fingerprint density at radius 2 is 2.20 bits per heavy atom. The third-order valence-corrected chi connectivity index (χ3v) is 5.80. The average molecular weight is 386 g/mol. The van der Waals surface area contributed by atoms with Gasteiger partial charge in [-0.05, 0) is 19.3 Å². The molecule has 0 spiro atoms. The van der Waals surface area contributed by atoms with Crippen LogP contribution in [0.4, 0.5) is 0 Å². The first-order valence-corrected chi connectivity index (χ1v) is 10.3. The molecule has 1 saturated heterocycles. The van der Waals surface area contributed by atoms with Crippen LogP contribution in [-0.2, 0) is 10.0 Å². The first kappa shape index (κ1) is 18.1. The van der Waals surface area contributed by atoms with Gasteiger partial charge in [-0.15, -0.1) is 0 Å². The third kappa shape index (κ3) is 4.28. The lowest BCUT2D eigenvalue weighted by Gasteiger charge is -2.33. The Balaban J connectivity index is 1.59. The number of nitrogens with one attached hydrogen (secondary N) is 1. The summed E-state index contributed by atoms with van der Waals surface area (Å²) in [7, 11) is -3.22. The molecule has 1 unspecified atom stereocenters. The van der Waals surface area contributed by atoms with Crippen molar-refractivity contribution in [3.05, 3.63) is 29.3 Å². The van der Waals surface area contributed by atoms with E-state index in [1.807, 2.05) is 0 Å². The summed E-state index contributed by atoms with van der Waals surface area (Å²) in [6.45, 7) is 0.938. The number of halogens is 1. The molecule has 1 aliphatic rings. The highest BCUT2D eigenvalue weighted by atomic mass is 35.5. The van der Waals surface area contributed by atoms with Crippen molar-refractivity contribution >= 4 is 33.3 Å². The van der Waals surface area contributed by atoms with Gasteiger partial charge in [0.25, 0.3) is 5.91 Å². The van der Waals surface area contributed by atoms with Crippen molar-refractivity contribution in [3.63, 3.8) is 0 Å². The number of hydrogen-bond donors (Lipinski definition) is 1. The van der Waals surface area contributed by atoms with Crippen LogP contribution in [0.15, 0.2) is 18.6 Å². The van der Waals surface area contributed by atoms with Gasteiger partial charge in [-0.1, -0.05) is 18.0 Å². The minimum absolute atomic E-state index is 0.0643. The molecule has 25 heavy (non-hydrogen) atoms. The van der Waals surface area contributed by atoms with Gasteiger partial charge in [0.15, 0.2) is 0 Å². The summed E-state index contributed by atoms with van der Waals surface area (Å²) in [6, 6.07) is -0.0643. The molecule has 0 aliphatic carbocycles. The number of aromatic nitrogens is 3. The number of sulfonamides is 1. The minimum Gasteiger partial charge on any atom is -0.351 e. The van der Waals surface area contributed by atoms with Crippen LogP contribution in [0.3, 0.4) is 0 Å². The molecule has 3 rings (SSSR count). The standard InChI is InChI=1S/C15H20ClN5O3S/c1-25(23,24)21-7-3-2-4-12(21)5-6-17-14(22)13-10-20-9-11(16)8-18-15(20)19-13/h8-10,12H,2-7H2,1H3,(H,17,22). The molecule has 1 fully saturated rings. The summed E-state index contributed by atoms with van der Waals surface area (Å²) in [5, 5.41) is 3.25. The van der Waals surface area contributed by atoms with Crippen molar-refractivity contribution in [2.24, 2.45) is 0 Å². The van der Waals surface area contributed by atoms with Crippen LogP contribution in [0.5, 0.6) is 0 Å². The topological polar surface area (TPSA) is 96.7 Å². The lowest BCUT2D eigenvalue weighted by Crippen LogP contribution is -2.44. The smallest absolute Gasteiger partial charge is 0.271 e. The zero-order valence-electron chi connectivity index (χ0n) is 13.9. The maximum absolute atomic E-state index is 12.2. The molecule has 0 saturated carbocycles. The number of carbonyl (C=O) groups is 1. The second-order valence-corrected chi connectivity index (χ2v) is 8.54. The van der Waals surface area contributed by atoms with Crippen LogP contribution < -0.4 is 5.32 Å². The molecule has 10 heteroatoms. The van der Waals surface area contributed by atoms with Crippen molar-refractivity contribution in [2.75, 3.05) is 19.3 Å². The fraction of sp³-hybridized carbons (Fsp3) is 0.533. The predicted octanol–water partition coefficient (Wildman–Crippen LogP) is 1.32. The van der Waals surface area contributed by atoms with Gasteiger partial charge in [0, 0.05) is 31.5 Å². The molecule has 0 aromatic carbocycles. The monoisotopic (exact) mass is 385 g/mol. The predicted molar refractivity (Wildman–Crippen MR) is 94.1 cm³/mol. The quantitative estimate of drug-likeness (QED) is 0.837. The number of carbonyl (C=O) groups excluding carboxylic acids is 1. The number of hydrogen-bond acceptors (Lipinski definition) is 5. The van der Waals surface area contributed by atoms with Gasteiger partial charge in [0.2, 0.25) is 15.8 Å². The normalized spacial score (nSPS) is 19.2. The fourth-order valence-corrected chi connectivity index (χ4v) is 4.48. The van der Waals surface area contributed by atoms with Crippen molar-refractivity contribution < 1.29 is 13.2 Å². The summed E-state index contributed by atoms with van der Waals surface area (Å²) >= 11 is 5.86. The number of imidazole rings is 1. The Morgan fingerprint density at radius 3 is 2.96 bits per heavy atom. The van der Waals surface area contributed by atoms with Crippen molar-refractivity contribution in [1.29, 1.82) is 0 Å². The summed E-state index contributed by atoms with van der Waals surface area (Å²) < 4.78 is 26.8. The Kier molecular flexibility index (Phi) is 5.26. The van der Waals surface area contributed by atoms with Gasteiger partial charge in [-0.2, -0.15) is 4.31 Å². The second kappa shape index (κ2) is 7.27. The van der Waals surface area contributed by atoms with Crippen LogP contribution in [-0.4, -0.2) is 58.4 Å². The molecule has 0 bridgehead atoms. The Labute approximate surface area is 151 Å². The minimum atomic E-state index is -3.22. The Bertz CT molecular complexity index is 882. The van der Waals surface area contributed by atoms with Crippen LogP contribution >= 0.6 is 11.6 Å². The highest BCUT2D eigenvalue weighted by Gasteiger charge is 2.29. The Hall–Kier alpha value is -1.71. The molecule has 8 nitrogen and oxygen atoms in total. The van der Waals surface area contributed by atoms with Gasteiger partial charge >= 0.3 is 0 Å². The molecule has 2 aromatic rings. The van der Waals surface area contributed by atoms with E-state index in [0.29, 0.717) is 30.3 Å². The third-order valence-electron chi connectivity index (χ3n) is 4.27. The molecular weight excluding hydrogens is 366 g/mol. The van der Waals surface area contributed by atoms with E-state index in [1.54, 1.807) is 21.1 Å². The van der Waals surface area contributed by atoms with Gasteiger partial charge in [0.05, 0.1) is 17.5 Å². The first-order chi connectivity index (χ1) is 11.8. The summed E-state index contributed by atoms with van der Waals surface area (Å²) in [5.41, 5.74) is 0.249. The lowest BCUT2D eigenvalue weighted by molar-refractivity contribution is 0.0945. The van der Waals surface area contributed by atoms with Crippen molar-refractivity contribution in [1.82, 2.24) is 24.0 Å². The second-order valence-electron chi connectivity index (χ2n) is 6.17. The van der Waals surface area contributed by atoms with Crippen molar-refractivity contribution in [3.8, 4) is 0 Å². The van der Waals surface area contributed by atoms with Crippen LogP contribution in [0.2, 0.25) is 5.02 Å². The van der Waals surface area contributed by atoms with Crippen LogP contribution in [0.1, 0.15) is 36.2 Å². The molecule has 1 amide bonds. The fourth-order valence-electron chi connectivity index (χ4n) is 3.11. The Morgan fingerprint density at radius 1 is 1.40 bits per heavy atom. The average Bonchev–Trinajstić information content (AvgIpc) is 2.97. The molecule has 3 heterocycles. The van der Waals surface area contributed by atoms with Gasteiger partial charge in [0.1, 0.15) is 5.69 Å². The molecule has 0 radical (unpaired) electrons. The van der Waals surface area contributed by atoms with E-state index in [2.05, 4.69) is 15.3 Å². The van der Waals surface area contributed by atoms with Gasteiger partial charge in [-0.3, -0.25) is 9.20 Å². The van der Waals surface area contributed by atoms with Gasteiger partial charge in [-0.25, -0.2) is 18.4 Å². The van der Waals surface area contributed by atoms with E-state index in [9.17, 15) is 13.2 Å². The first-order valence-electron chi connectivity index (χ1n) is 8.10. The number of fused-ring (bicyclic) bond motifs is 1. The lowest BCUT2D eigenvalue weighted by atomic mass is 10.0. The molecule has 1 N–H and O–H groups in total. The molecular formula is C15H20ClN5O3S. The summed E-state index contributed by atoms with van der Waals surface area (Å²) in [5.74, 6) is 0.0772.